The maximum Gasteiger partial charge on any atom is 0.104 e. The first-order valence-electron chi connectivity index (χ1n) is 51.9. The average molecular weight is 1730 g/mol. The van der Waals surface area contributed by atoms with Gasteiger partial charge in [0.25, 0.3) is 0 Å². The molecule has 0 amide bonds. The lowest BCUT2D eigenvalue weighted by atomic mass is 10.0. The van der Waals surface area contributed by atoms with Crippen molar-refractivity contribution in [1.29, 1.82) is 0 Å². The summed E-state index contributed by atoms with van der Waals surface area (Å²) in [5.41, 5.74) is 35.6. The van der Waals surface area contributed by atoms with Gasteiger partial charge in [-0.3, -0.25) is 0 Å². The smallest absolute Gasteiger partial charge is 0.104 e. The van der Waals surface area contributed by atoms with Crippen molar-refractivity contribution < 1.29 is 15.1 Å². The van der Waals surface area contributed by atoms with Crippen LogP contribution in [0.4, 0.5) is 136 Å². The first-order valence-corrected chi connectivity index (χ1v) is 46.4. The predicted molar refractivity (Wildman–Crippen MR) is 557 cm³/mol. The van der Waals surface area contributed by atoms with E-state index in [0.29, 0.717) is 34.8 Å². The number of para-hydroxylation sites is 16. The van der Waals surface area contributed by atoms with Crippen LogP contribution < -0.4 is 78.4 Å². The minimum absolute atomic E-state index is 0.251. The summed E-state index contributed by atoms with van der Waals surface area (Å²) >= 11 is 0. The molecule has 0 spiro atoms. The van der Waals surface area contributed by atoms with E-state index >= 15 is 0 Å². The molecular weight excluding hydrogens is 1580 g/mol. The summed E-state index contributed by atoms with van der Waals surface area (Å²) in [6.07, 6.45) is 0.163. The maximum absolute atomic E-state index is 9.00. The fourth-order valence-electron chi connectivity index (χ4n) is 22.4. The lowest BCUT2D eigenvalue weighted by Gasteiger charge is -2.36. The molecule has 12 aromatic rings. The highest BCUT2D eigenvalue weighted by atomic mass is 15.5. The van der Waals surface area contributed by atoms with E-state index in [1.54, 1.807) is 48.2 Å². The van der Waals surface area contributed by atoms with Crippen LogP contribution >= 0.6 is 0 Å². The predicted octanol–water partition coefficient (Wildman–Crippen LogP) is 28.3. The highest BCUT2D eigenvalue weighted by molar-refractivity contribution is 5.96. The third-order valence-electron chi connectivity index (χ3n) is 28.4. The number of aryl methyl sites for hydroxylation is 3. The summed E-state index contributed by atoms with van der Waals surface area (Å²) in [4.78, 5) is 36.4. The third kappa shape index (κ3) is 14.7. The van der Waals surface area contributed by atoms with Gasteiger partial charge in [-0.25, -0.2) is 0 Å². The molecule has 670 valence electrons. The van der Waals surface area contributed by atoms with E-state index in [1.165, 1.54) is 148 Å². The lowest BCUT2D eigenvalue weighted by molar-refractivity contribution is 0.603. The van der Waals surface area contributed by atoms with Crippen molar-refractivity contribution in [3.63, 3.8) is 0 Å². The van der Waals surface area contributed by atoms with Gasteiger partial charge in [-0.1, -0.05) is 103 Å². The number of hydrogen-bond donors (Lipinski definition) is 0. The quantitative estimate of drug-likeness (QED) is 0.104. The maximum atomic E-state index is 9.00. The van der Waals surface area contributed by atoms with Gasteiger partial charge >= 0.3 is 0 Å². The first-order chi connectivity index (χ1) is 66.3. The summed E-state index contributed by atoms with van der Waals surface area (Å²) < 4.78 is 91.2. The summed E-state index contributed by atoms with van der Waals surface area (Å²) in [5, 5.41) is 0. The van der Waals surface area contributed by atoms with Crippen LogP contribution in [0, 0.1) is 48.5 Å². The van der Waals surface area contributed by atoms with Crippen LogP contribution in [0.25, 0.3) is 0 Å². The summed E-state index contributed by atoms with van der Waals surface area (Å²) in [6, 6.07) is 82.6. The minimum atomic E-state index is -3.17. The summed E-state index contributed by atoms with van der Waals surface area (Å²) in [5.74, 6) is 0. The molecule has 0 N–H and O–H groups in total. The van der Waals surface area contributed by atoms with Gasteiger partial charge in [-0.2, -0.15) is 0 Å². The number of rotatable bonds is 14. The zero-order chi connectivity index (χ0) is 101. The SMILES string of the molecule is CCN1c2ccccc2N(c2cc(C)cc(N3c4ccccc4N(CC)[C@@H]3C)c2C)[C@@H]1C.Cc1cc(N2c3ccccc3N(C(C)C)[C@@H]2C)c(C)c(N2c3ccccc3N(C(C)C)[C@H]2C)c1.Cc1cc(N2c3ccccc3N(C)[C@H]2C)c(C)c(N2c3ccccc3N(C)[C@@H]2C)c1.[2H]C([2H])([2H])C([2H])(C)N1c2ccccc2N(c2cccc(N3c4ccccc4N(C([2H])(C([2H])([2H])[2H])C([2H])([2H])[2H])[C@H]3C)c2C)[C@H]1C. The Bertz CT molecular complexity index is 6360. The van der Waals surface area contributed by atoms with E-state index in [9.17, 15) is 0 Å². The second-order valence-electron chi connectivity index (χ2n) is 36.6. The molecule has 20 rings (SSSR count). The Morgan fingerprint density at radius 2 is 0.426 bits per heavy atom. The van der Waals surface area contributed by atoms with Gasteiger partial charge in [0.05, 0.1) is 93.7 Å². The fourth-order valence-corrected chi connectivity index (χ4v) is 22.4. The molecule has 12 aromatic carbocycles. The van der Waals surface area contributed by atoms with Crippen molar-refractivity contribution in [2.24, 2.45) is 0 Å². The Hall–Kier alpha value is -12.6. The molecule has 0 radical (unpaired) electrons. The Morgan fingerprint density at radius 1 is 0.233 bits per heavy atom. The molecule has 0 saturated heterocycles. The Balaban J connectivity index is 0.000000130. The normalized spacial score (nSPS) is 21.8. The van der Waals surface area contributed by atoms with Gasteiger partial charge < -0.3 is 78.4 Å². The van der Waals surface area contributed by atoms with Gasteiger partial charge in [0.1, 0.15) is 49.3 Å². The van der Waals surface area contributed by atoms with Crippen LogP contribution in [0.2, 0.25) is 0 Å². The largest absolute Gasteiger partial charge is 0.353 e. The number of nitrogens with zero attached hydrogens (tertiary/aromatic N) is 16. The molecule has 1 unspecified atom stereocenters. The van der Waals surface area contributed by atoms with Crippen molar-refractivity contribution in [3.8, 4) is 0 Å². The van der Waals surface area contributed by atoms with E-state index in [-0.39, 0.29) is 37.0 Å². The van der Waals surface area contributed by atoms with Crippen LogP contribution in [-0.4, -0.2) is 101 Å². The molecule has 0 saturated carbocycles. The molecule has 0 fully saturated rings. The molecule has 8 heterocycles. The third-order valence-corrected chi connectivity index (χ3v) is 28.4. The van der Waals surface area contributed by atoms with Gasteiger partial charge in [0.2, 0.25) is 0 Å². The Labute approximate surface area is 787 Å². The second kappa shape index (κ2) is 35.1. The topological polar surface area (TPSA) is 51.8 Å². The molecule has 0 aromatic heterocycles. The Morgan fingerprint density at radius 3 is 0.698 bits per heavy atom. The Kier molecular flexibility index (Phi) is 20.5. The van der Waals surface area contributed by atoms with E-state index in [1.807, 2.05) is 54.0 Å². The molecular formula is C113H138N16. The average Bonchev–Trinajstić information content (AvgIpc) is 1.60. The van der Waals surface area contributed by atoms with Crippen LogP contribution in [0.3, 0.4) is 0 Å². The van der Waals surface area contributed by atoms with E-state index in [0.717, 1.165) is 30.0 Å². The zero-order valence-corrected chi connectivity index (χ0v) is 80.0. The van der Waals surface area contributed by atoms with Crippen molar-refractivity contribution in [3.05, 3.63) is 288 Å². The highest BCUT2D eigenvalue weighted by Crippen LogP contribution is 2.57. The van der Waals surface area contributed by atoms with Crippen molar-refractivity contribution in [1.82, 2.24) is 0 Å². The number of anilines is 24. The summed E-state index contributed by atoms with van der Waals surface area (Å²) in [7, 11) is 4.37. The molecule has 9 atom stereocenters. The van der Waals surface area contributed by atoms with Crippen LogP contribution in [-0.2, 0) is 0 Å². The second-order valence-corrected chi connectivity index (χ2v) is 36.6. The summed E-state index contributed by atoms with van der Waals surface area (Å²) in [6.45, 7) is 40.9. The molecule has 16 heteroatoms. The van der Waals surface area contributed by atoms with Gasteiger partial charge in [0.15, 0.2) is 0 Å². The van der Waals surface area contributed by atoms with Gasteiger partial charge in [-0.15, -0.1) is 0 Å². The standard InChI is InChI=1S/C30H38N4.C29H36N4.C28H34N4.C26H30N4/c1-19(2)31-23(7)33(27-15-11-9-13-25(27)31)29-17-21(5)18-30(22(29)6)34-24(8)32(20(3)4)26-14-10-12-16-28(26)34;1-19(2)30-22(6)32(28-15-10-8-13-26(28)30)24-17-12-18-25(21(24)5)33-23(7)31(20(3)4)27-14-9-11-16-29(27)33;1-7-29-21(5)31(25-15-11-9-13-23(25)29)27-17-19(3)18-28(20(27)4)32-22(6)30(8-2)24-14-10-12-16-26(24)32;1-17-15-25(29-19(3)27(5)21-11-7-9-13-23(21)29)18(2)26(16-17)30-20(4)28(6)22-12-8-10-14-24(22)30/h9-20,23-24H,1-8H3;8-20,22-23H,1-7H3;9-18,21-22H,7-8H2,1-6H3;7-16,19-20H,1-6H3/t23-,24+;22-,23+;21-,22+;19-,20+/i;1D3,2D3,3D3,19D,20D;;/t;20?,22-,23+;;/m.1../s1. The van der Waals surface area contributed by atoms with Crippen molar-refractivity contribution in [2.45, 2.75) is 246 Å². The van der Waals surface area contributed by atoms with Crippen molar-refractivity contribution >= 4 is 136 Å². The monoisotopic (exact) mass is 1730 g/mol. The zero-order valence-electron chi connectivity index (χ0n) is 91.0. The van der Waals surface area contributed by atoms with E-state index in [4.69, 9.17) is 15.1 Å². The van der Waals surface area contributed by atoms with E-state index < -0.39 is 44.9 Å². The highest BCUT2D eigenvalue weighted by Gasteiger charge is 2.45. The van der Waals surface area contributed by atoms with Crippen molar-refractivity contribution in [2.75, 3.05) is 106 Å². The van der Waals surface area contributed by atoms with Crippen LogP contribution in [0.5, 0.6) is 0 Å². The number of benzene rings is 12. The van der Waals surface area contributed by atoms with Gasteiger partial charge in [0, 0.05) is 109 Å². The molecule has 129 heavy (non-hydrogen) atoms. The lowest BCUT2D eigenvalue weighted by Crippen LogP contribution is -2.43. The molecule has 16 nitrogen and oxygen atoms in total. The molecule has 8 aliphatic heterocycles. The van der Waals surface area contributed by atoms with Gasteiger partial charge in [-0.05, 0) is 357 Å². The van der Waals surface area contributed by atoms with Crippen LogP contribution in [0.1, 0.15) is 178 Å². The molecule has 0 aliphatic carbocycles. The molecule has 0 bridgehead atoms. The van der Waals surface area contributed by atoms with Crippen LogP contribution in [0.15, 0.2) is 249 Å². The van der Waals surface area contributed by atoms with E-state index in [2.05, 4.69) is 380 Å². The first kappa shape index (κ1) is 75.4. The molecule has 8 aliphatic rings. The number of hydrogen-bond acceptors (Lipinski definition) is 16. The fraction of sp³-hybridized carbons (Fsp3) is 0.363. The number of fused-ring (bicyclic) bond motifs is 8. The minimum Gasteiger partial charge on any atom is -0.353 e.